The Labute approximate surface area is 241 Å². The summed E-state index contributed by atoms with van der Waals surface area (Å²) in [6, 6.07) is 27.0. The van der Waals surface area contributed by atoms with Gasteiger partial charge < -0.3 is 28.9 Å². The number of hydrogen-bond donors (Lipinski definition) is 3. The predicted octanol–water partition coefficient (Wildman–Crippen LogP) is 4.21. The van der Waals surface area contributed by atoms with Gasteiger partial charge >= 0.3 is 0 Å². The van der Waals surface area contributed by atoms with Crippen LogP contribution in [-0.2, 0) is 25.7 Å². The molecule has 0 saturated heterocycles. The molecule has 2 unspecified atom stereocenters. The van der Waals surface area contributed by atoms with E-state index in [-0.39, 0.29) is 27.9 Å². The topological polar surface area (TPSA) is 130 Å². The Morgan fingerprint density at radius 2 is 1.24 bits per heavy atom. The molecular weight excluding hydrogens is 536 g/mol. The smallest absolute Gasteiger partial charge is 0.193 e. The van der Waals surface area contributed by atoms with E-state index in [0.717, 1.165) is 17.5 Å². The first-order valence-corrected chi connectivity index (χ1v) is 13.9. The second-order valence-corrected chi connectivity index (χ2v) is 10.5. The van der Waals surface area contributed by atoms with Gasteiger partial charge in [0.1, 0.15) is 46.9 Å². The van der Waals surface area contributed by atoms with E-state index in [1.807, 2.05) is 60.7 Å². The highest BCUT2D eigenvalue weighted by Crippen LogP contribution is 2.38. The Morgan fingerprint density at radius 1 is 0.643 bits per heavy atom. The van der Waals surface area contributed by atoms with E-state index in [1.165, 1.54) is 18.2 Å². The van der Waals surface area contributed by atoms with Gasteiger partial charge in [-0.05, 0) is 42.2 Å². The van der Waals surface area contributed by atoms with Crippen molar-refractivity contribution in [1.29, 1.82) is 0 Å². The average Bonchev–Trinajstić information content (AvgIpc) is 3.01. The van der Waals surface area contributed by atoms with Gasteiger partial charge in [-0.3, -0.25) is 9.59 Å². The van der Waals surface area contributed by atoms with E-state index in [1.54, 1.807) is 12.1 Å². The molecule has 42 heavy (non-hydrogen) atoms. The van der Waals surface area contributed by atoms with Gasteiger partial charge in [0.2, 0.25) is 0 Å². The van der Waals surface area contributed by atoms with Crippen molar-refractivity contribution in [3.05, 3.63) is 145 Å². The fraction of sp³-hybridized carbons (Fsp3) is 0.235. The van der Waals surface area contributed by atoms with Gasteiger partial charge in [-0.2, -0.15) is 0 Å². The maximum Gasteiger partial charge on any atom is 0.193 e. The summed E-state index contributed by atoms with van der Waals surface area (Å²) in [7, 11) is 0. The van der Waals surface area contributed by atoms with Crippen LogP contribution in [0.25, 0.3) is 11.0 Å². The van der Waals surface area contributed by atoms with Crippen LogP contribution in [0.3, 0.4) is 0 Å². The van der Waals surface area contributed by atoms with Crippen LogP contribution in [0.4, 0.5) is 0 Å². The van der Waals surface area contributed by atoms with Crippen molar-refractivity contribution < 1.29 is 28.9 Å². The van der Waals surface area contributed by atoms with Gasteiger partial charge in [-0.1, -0.05) is 60.7 Å². The van der Waals surface area contributed by atoms with Crippen LogP contribution in [-0.4, -0.2) is 27.5 Å². The molecule has 6 rings (SSSR count). The van der Waals surface area contributed by atoms with Crippen LogP contribution in [0, 0.1) is 0 Å². The monoisotopic (exact) mass is 566 g/mol. The van der Waals surface area contributed by atoms with Gasteiger partial charge in [0.25, 0.3) is 0 Å². The fourth-order valence-corrected chi connectivity index (χ4v) is 5.37. The van der Waals surface area contributed by atoms with E-state index < -0.39 is 29.8 Å². The van der Waals surface area contributed by atoms with Crippen LogP contribution >= 0.6 is 0 Å². The zero-order valence-electron chi connectivity index (χ0n) is 22.7. The van der Waals surface area contributed by atoms with Crippen LogP contribution in [0.2, 0.25) is 0 Å². The summed E-state index contributed by atoms with van der Waals surface area (Å²) in [4.78, 5) is 26.2. The van der Waals surface area contributed by atoms with E-state index in [2.05, 4.69) is 0 Å². The molecular formula is C34H30O8. The molecule has 0 aliphatic heterocycles. The van der Waals surface area contributed by atoms with Crippen molar-refractivity contribution in [2.45, 2.75) is 50.1 Å². The third-order valence-electron chi connectivity index (χ3n) is 7.62. The van der Waals surface area contributed by atoms with E-state index in [0.29, 0.717) is 36.4 Å². The first kappa shape index (κ1) is 27.7. The molecule has 0 spiro atoms. The average molecular weight is 567 g/mol. The number of aliphatic hydroxyl groups is 3. The number of ether oxygens (including phenoxy) is 1. The first-order chi connectivity index (χ1) is 20.4. The van der Waals surface area contributed by atoms with Crippen molar-refractivity contribution in [2.24, 2.45) is 0 Å². The Morgan fingerprint density at radius 3 is 1.88 bits per heavy atom. The maximum atomic E-state index is 13.3. The molecule has 3 N–H and O–H groups in total. The molecule has 8 heteroatoms. The minimum Gasteiger partial charge on any atom is -0.483 e. The van der Waals surface area contributed by atoms with Crippen molar-refractivity contribution in [2.75, 3.05) is 0 Å². The molecule has 3 aromatic carbocycles. The number of aryl methyl sites for hydroxylation is 4. The lowest BCUT2D eigenvalue weighted by Crippen LogP contribution is -2.46. The normalized spacial score (nSPS) is 19.9. The summed E-state index contributed by atoms with van der Waals surface area (Å²) in [5.74, 6) is 0.935. The molecule has 1 aliphatic carbocycles. The number of aliphatic hydroxyl groups excluding tert-OH is 3. The minimum atomic E-state index is -1.66. The molecule has 1 aliphatic rings. The number of benzene rings is 3. The first-order valence-electron chi connectivity index (χ1n) is 13.9. The number of hydrogen-bond acceptors (Lipinski definition) is 8. The molecule has 0 amide bonds. The molecule has 0 bridgehead atoms. The van der Waals surface area contributed by atoms with Crippen molar-refractivity contribution in [3.63, 3.8) is 0 Å². The molecule has 0 saturated carbocycles. The van der Waals surface area contributed by atoms with Crippen LogP contribution in [0.5, 0.6) is 5.75 Å². The quantitative estimate of drug-likeness (QED) is 0.255. The van der Waals surface area contributed by atoms with Crippen molar-refractivity contribution >= 4 is 11.0 Å². The second kappa shape index (κ2) is 11.8. The SMILES string of the molecule is O=c1cc(CCc2ccccc2)oc2c1C(Oc1ccc3oc(CCc4ccccc4)cc(=O)c3c1)[C@@H](O)C(O)[C@H]2O. The third kappa shape index (κ3) is 5.65. The van der Waals surface area contributed by atoms with Gasteiger partial charge in [-0.25, -0.2) is 0 Å². The standard InChI is InChI=1S/C34H30O8/c35-26-18-23(13-11-20-7-3-1-4-8-20)40-28-16-15-22(17-25(26)28)41-33-29-27(36)19-24(14-12-21-9-5-2-6-10-21)42-34(29)32(39)30(37)31(33)38/h1-10,15-19,30-33,37-39H,11-14H2/t30?,31-,32+,33?/m0/s1. The largest absolute Gasteiger partial charge is 0.483 e. The Balaban J connectivity index is 1.26. The van der Waals surface area contributed by atoms with E-state index >= 15 is 0 Å². The lowest BCUT2D eigenvalue weighted by atomic mass is 9.86. The molecule has 2 heterocycles. The molecule has 4 atom stereocenters. The van der Waals surface area contributed by atoms with Crippen molar-refractivity contribution in [1.82, 2.24) is 0 Å². The van der Waals surface area contributed by atoms with E-state index in [4.69, 9.17) is 13.6 Å². The summed E-state index contributed by atoms with van der Waals surface area (Å²) in [5, 5.41) is 32.4. The Kier molecular flexibility index (Phi) is 7.75. The maximum absolute atomic E-state index is 13.3. The summed E-state index contributed by atoms with van der Waals surface area (Å²) in [6.07, 6.45) is -3.95. The fourth-order valence-electron chi connectivity index (χ4n) is 5.37. The van der Waals surface area contributed by atoms with Crippen LogP contribution < -0.4 is 15.6 Å². The molecule has 0 fully saturated rings. The summed E-state index contributed by atoms with van der Waals surface area (Å²) in [5.41, 5.74) is 1.74. The lowest BCUT2D eigenvalue weighted by Gasteiger charge is -2.35. The van der Waals surface area contributed by atoms with Crippen molar-refractivity contribution in [3.8, 4) is 5.75 Å². The Hall–Kier alpha value is -4.50. The highest BCUT2D eigenvalue weighted by atomic mass is 16.5. The van der Waals surface area contributed by atoms with E-state index in [9.17, 15) is 24.9 Å². The number of rotatable bonds is 8. The predicted molar refractivity (Wildman–Crippen MR) is 156 cm³/mol. The van der Waals surface area contributed by atoms with Gasteiger partial charge in [0.05, 0.1) is 10.9 Å². The summed E-state index contributed by atoms with van der Waals surface area (Å²) < 4.78 is 17.9. The van der Waals surface area contributed by atoms with Gasteiger partial charge in [-0.15, -0.1) is 0 Å². The molecule has 214 valence electrons. The third-order valence-corrected chi connectivity index (χ3v) is 7.62. The zero-order valence-corrected chi connectivity index (χ0v) is 22.7. The summed E-state index contributed by atoms with van der Waals surface area (Å²) >= 11 is 0. The molecule has 8 nitrogen and oxygen atoms in total. The van der Waals surface area contributed by atoms with Crippen LogP contribution in [0.1, 0.15) is 46.2 Å². The number of fused-ring (bicyclic) bond motifs is 2. The highest BCUT2D eigenvalue weighted by Gasteiger charge is 2.45. The van der Waals surface area contributed by atoms with Crippen LogP contribution in [0.15, 0.2) is 109 Å². The second-order valence-electron chi connectivity index (χ2n) is 10.5. The van der Waals surface area contributed by atoms with Gasteiger partial charge in [0.15, 0.2) is 17.0 Å². The highest BCUT2D eigenvalue weighted by molar-refractivity contribution is 5.78. The molecule has 0 radical (unpaired) electrons. The summed E-state index contributed by atoms with van der Waals surface area (Å²) in [6.45, 7) is 0. The molecule has 2 aromatic heterocycles. The zero-order chi connectivity index (χ0) is 29.2. The van der Waals surface area contributed by atoms with Gasteiger partial charge in [0, 0.05) is 25.0 Å². The minimum absolute atomic E-state index is 0.0767. The lowest BCUT2D eigenvalue weighted by molar-refractivity contribution is -0.121. The Bertz CT molecular complexity index is 1810. The molecule has 5 aromatic rings.